The fraction of sp³-hybridized carbons (Fsp3) is 0.364. The second-order valence-corrected chi connectivity index (χ2v) is 3.45. The molecule has 0 amide bonds. The summed E-state index contributed by atoms with van der Waals surface area (Å²) >= 11 is 0. The zero-order chi connectivity index (χ0) is 10.7. The summed E-state index contributed by atoms with van der Waals surface area (Å²) in [4.78, 5) is 5.46. The fourth-order valence-electron chi connectivity index (χ4n) is 1.65. The minimum Gasteiger partial charge on any atom is -0.394 e. The molecule has 0 radical (unpaired) electrons. The quantitative estimate of drug-likeness (QED) is 0.783. The Labute approximate surface area is 88.3 Å². The van der Waals surface area contributed by atoms with Gasteiger partial charge in [-0.25, -0.2) is 5.06 Å². The number of hydrogen-bond acceptors (Lipinski definition) is 4. The maximum absolute atomic E-state index is 8.98. The minimum atomic E-state index is -0.315. The van der Waals surface area contributed by atoms with Crippen molar-refractivity contribution in [2.75, 3.05) is 11.7 Å². The van der Waals surface area contributed by atoms with Crippen molar-refractivity contribution in [3.8, 4) is 6.07 Å². The van der Waals surface area contributed by atoms with Crippen LogP contribution in [0.2, 0.25) is 0 Å². The van der Waals surface area contributed by atoms with Gasteiger partial charge < -0.3 is 5.11 Å². The second kappa shape index (κ2) is 4.30. The Hall–Kier alpha value is -1.57. The Balaban J connectivity index is 2.19. The largest absolute Gasteiger partial charge is 0.394 e. The molecule has 1 saturated heterocycles. The van der Waals surface area contributed by atoms with Gasteiger partial charge in [0.1, 0.15) is 12.1 Å². The van der Waals surface area contributed by atoms with Gasteiger partial charge in [0.2, 0.25) is 0 Å². The van der Waals surface area contributed by atoms with E-state index in [1.54, 1.807) is 5.06 Å². The molecular weight excluding hydrogens is 192 g/mol. The molecule has 2 atom stereocenters. The number of nitriles is 1. The first-order valence-corrected chi connectivity index (χ1v) is 4.86. The lowest BCUT2D eigenvalue weighted by Gasteiger charge is -2.20. The van der Waals surface area contributed by atoms with Crippen LogP contribution < -0.4 is 5.06 Å². The molecule has 4 heteroatoms. The molecule has 0 unspecified atom stereocenters. The van der Waals surface area contributed by atoms with Crippen LogP contribution in [-0.4, -0.2) is 23.9 Å². The fourth-order valence-corrected chi connectivity index (χ4v) is 1.65. The maximum atomic E-state index is 8.98. The van der Waals surface area contributed by atoms with Crippen LogP contribution in [0, 0.1) is 11.3 Å². The third-order valence-electron chi connectivity index (χ3n) is 2.40. The number of para-hydroxylation sites is 1. The minimum absolute atomic E-state index is 0.0541. The summed E-state index contributed by atoms with van der Waals surface area (Å²) in [6, 6.07) is 11.3. The molecule has 1 aromatic carbocycles. The molecule has 15 heavy (non-hydrogen) atoms. The van der Waals surface area contributed by atoms with E-state index in [9.17, 15) is 0 Å². The van der Waals surface area contributed by atoms with E-state index < -0.39 is 0 Å². The van der Waals surface area contributed by atoms with Crippen molar-refractivity contribution in [3.63, 3.8) is 0 Å². The standard InChI is InChI=1S/C11H12N2O2/c12-7-10-6-11(8-14)15-13(10)9-4-2-1-3-5-9/h1-5,10-11,14H,6,8H2/t10-,11-/m1/s1. The number of anilines is 1. The lowest BCUT2D eigenvalue weighted by atomic mass is 10.1. The number of nitrogens with zero attached hydrogens (tertiary/aromatic N) is 2. The predicted molar refractivity (Wildman–Crippen MR) is 54.9 cm³/mol. The van der Waals surface area contributed by atoms with Crippen molar-refractivity contribution < 1.29 is 9.94 Å². The van der Waals surface area contributed by atoms with Gasteiger partial charge in [-0.1, -0.05) is 18.2 Å². The molecule has 78 valence electrons. The first kappa shape index (κ1) is 9.97. The highest BCUT2D eigenvalue weighted by molar-refractivity contribution is 5.46. The molecule has 0 spiro atoms. The summed E-state index contributed by atoms with van der Waals surface area (Å²) in [5.74, 6) is 0. The summed E-state index contributed by atoms with van der Waals surface area (Å²) in [5, 5.41) is 19.5. The molecule has 1 heterocycles. The van der Waals surface area contributed by atoms with Gasteiger partial charge >= 0.3 is 0 Å². The molecule has 0 saturated carbocycles. The van der Waals surface area contributed by atoms with Crippen molar-refractivity contribution in [1.29, 1.82) is 5.26 Å². The maximum Gasteiger partial charge on any atom is 0.145 e. The van der Waals surface area contributed by atoms with E-state index in [4.69, 9.17) is 15.2 Å². The molecule has 1 aromatic rings. The smallest absolute Gasteiger partial charge is 0.145 e. The molecule has 2 rings (SSSR count). The van der Waals surface area contributed by atoms with Gasteiger partial charge in [0.15, 0.2) is 0 Å². The summed E-state index contributed by atoms with van der Waals surface area (Å²) < 4.78 is 0. The van der Waals surface area contributed by atoms with Crippen LogP contribution in [0.1, 0.15) is 6.42 Å². The molecule has 1 aliphatic heterocycles. The van der Waals surface area contributed by atoms with Crippen LogP contribution in [0.4, 0.5) is 5.69 Å². The summed E-state index contributed by atoms with van der Waals surface area (Å²) in [7, 11) is 0. The number of aliphatic hydroxyl groups is 1. The molecule has 0 bridgehead atoms. The molecule has 4 nitrogen and oxygen atoms in total. The SMILES string of the molecule is N#C[C@H]1C[C@H](CO)ON1c1ccccc1. The van der Waals surface area contributed by atoms with E-state index in [0.29, 0.717) is 6.42 Å². The average molecular weight is 204 g/mol. The molecule has 1 aliphatic rings. The van der Waals surface area contributed by atoms with Crippen molar-refractivity contribution >= 4 is 5.69 Å². The monoisotopic (exact) mass is 204 g/mol. The van der Waals surface area contributed by atoms with Gasteiger partial charge in [0, 0.05) is 6.42 Å². The number of hydrogen-bond donors (Lipinski definition) is 1. The van der Waals surface area contributed by atoms with E-state index in [-0.39, 0.29) is 18.8 Å². The highest BCUT2D eigenvalue weighted by Crippen LogP contribution is 2.26. The third-order valence-corrected chi connectivity index (χ3v) is 2.40. The van der Waals surface area contributed by atoms with Crippen LogP contribution >= 0.6 is 0 Å². The van der Waals surface area contributed by atoms with Crippen LogP contribution in [0.25, 0.3) is 0 Å². The molecule has 0 aromatic heterocycles. The number of benzene rings is 1. The Morgan fingerprint density at radius 1 is 1.47 bits per heavy atom. The number of rotatable bonds is 2. The Kier molecular flexibility index (Phi) is 2.86. The van der Waals surface area contributed by atoms with E-state index in [0.717, 1.165) is 5.69 Å². The normalized spacial score (nSPS) is 25.2. The van der Waals surface area contributed by atoms with Crippen LogP contribution in [0.15, 0.2) is 30.3 Å². The zero-order valence-electron chi connectivity index (χ0n) is 8.21. The highest BCUT2D eigenvalue weighted by atomic mass is 16.7. The third kappa shape index (κ3) is 1.94. The van der Waals surface area contributed by atoms with Gasteiger partial charge in [-0.05, 0) is 12.1 Å². The highest BCUT2D eigenvalue weighted by Gasteiger charge is 2.33. The second-order valence-electron chi connectivity index (χ2n) is 3.45. The predicted octanol–water partition coefficient (Wildman–Crippen LogP) is 1.08. The lowest BCUT2D eigenvalue weighted by Crippen LogP contribution is -2.26. The van der Waals surface area contributed by atoms with Crippen LogP contribution in [0.3, 0.4) is 0 Å². The molecule has 1 N–H and O–H groups in total. The summed E-state index contributed by atoms with van der Waals surface area (Å²) in [6.45, 7) is -0.0541. The van der Waals surface area contributed by atoms with E-state index in [1.807, 2.05) is 30.3 Å². The first-order valence-electron chi connectivity index (χ1n) is 4.86. The first-order chi connectivity index (χ1) is 7.35. The Morgan fingerprint density at radius 3 is 2.80 bits per heavy atom. The summed E-state index contributed by atoms with van der Waals surface area (Å²) in [6.07, 6.45) is 0.275. The number of aliphatic hydroxyl groups excluding tert-OH is 1. The lowest BCUT2D eigenvalue weighted by molar-refractivity contribution is 0.0416. The van der Waals surface area contributed by atoms with Crippen molar-refractivity contribution in [2.45, 2.75) is 18.6 Å². The van der Waals surface area contributed by atoms with Gasteiger partial charge in [0.05, 0.1) is 18.4 Å². The van der Waals surface area contributed by atoms with Crippen molar-refractivity contribution in [3.05, 3.63) is 30.3 Å². The summed E-state index contributed by atoms with van der Waals surface area (Å²) in [5.41, 5.74) is 0.847. The Bertz CT molecular complexity index is 361. The van der Waals surface area contributed by atoms with Crippen LogP contribution in [0.5, 0.6) is 0 Å². The molecule has 0 aliphatic carbocycles. The van der Waals surface area contributed by atoms with E-state index >= 15 is 0 Å². The average Bonchev–Trinajstić information content (AvgIpc) is 2.73. The van der Waals surface area contributed by atoms with Gasteiger partial charge in [0.25, 0.3) is 0 Å². The topological polar surface area (TPSA) is 56.5 Å². The van der Waals surface area contributed by atoms with Crippen molar-refractivity contribution in [2.24, 2.45) is 0 Å². The van der Waals surface area contributed by atoms with E-state index in [2.05, 4.69) is 6.07 Å². The van der Waals surface area contributed by atoms with Gasteiger partial charge in [-0.3, -0.25) is 4.84 Å². The van der Waals surface area contributed by atoms with Gasteiger partial charge in [-0.15, -0.1) is 0 Å². The number of hydroxylamine groups is 1. The van der Waals surface area contributed by atoms with Crippen molar-refractivity contribution in [1.82, 2.24) is 0 Å². The molecular formula is C11H12N2O2. The van der Waals surface area contributed by atoms with Crippen LogP contribution in [-0.2, 0) is 4.84 Å². The zero-order valence-corrected chi connectivity index (χ0v) is 8.21. The van der Waals surface area contributed by atoms with Gasteiger partial charge in [-0.2, -0.15) is 5.26 Å². The van der Waals surface area contributed by atoms with E-state index in [1.165, 1.54) is 0 Å². The Morgan fingerprint density at radius 2 is 2.20 bits per heavy atom. The molecule has 1 fully saturated rings.